The molecule has 0 saturated carbocycles. The molecule has 26 heavy (non-hydrogen) atoms. The lowest BCUT2D eigenvalue weighted by Crippen LogP contribution is -2.38. The number of carbonyl (C=O) groups is 2. The number of amides is 1. The Morgan fingerprint density at radius 3 is 2.69 bits per heavy atom. The van der Waals surface area contributed by atoms with Gasteiger partial charge in [-0.2, -0.15) is 0 Å². The summed E-state index contributed by atoms with van der Waals surface area (Å²) in [5.74, 6) is -0.379. The van der Waals surface area contributed by atoms with Crippen molar-refractivity contribution in [1.29, 1.82) is 0 Å². The van der Waals surface area contributed by atoms with Crippen molar-refractivity contribution in [2.75, 3.05) is 33.9 Å². The standard InChI is InChI=1S/C20H32N2O4/c1-20(2,3)14-21-19(25)16(13-24)11-15-7-6-8-17(26-5)12-18(15)22(4)9-10-23/h6-8,11,13,17-18,23H,9-10,12,14H2,1-5H3,(H,21,25)/b16-11+. The number of ether oxygens (including phenoxy) is 1. The van der Waals surface area contributed by atoms with Gasteiger partial charge in [-0.1, -0.05) is 39.0 Å². The number of methoxy groups -OCH3 is 1. The second kappa shape index (κ2) is 10.4. The minimum atomic E-state index is -0.379. The Morgan fingerprint density at radius 1 is 1.46 bits per heavy atom. The van der Waals surface area contributed by atoms with Crippen LogP contribution in [0.25, 0.3) is 0 Å². The Morgan fingerprint density at radius 2 is 2.15 bits per heavy atom. The molecule has 1 rings (SSSR count). The molecule has 1 aliphatic rings. The van der Waals surface area contributed by atoms with Crippen LogP contribution in [-0.4, -0.2) is 68.2 Å². The summed E-state index contributed by atoms with van der Waals surface area (Å²) in [6.07, 6.45) is 8.52. The van der Waals surface area contributed by atoms with Crippen LogP contribution in [0.1, 0.15) is 27.2 Å². The molecule has 146 valence electrons. The monoisotopic (exact) mass is 364 g/mol. The van der Waals surface area contributed by atoms with E-state index in [-0.39, 0.29) is 35.6 Å². The van der Waals surface area contributed by atoms with Crippen LogP contribution in [-0.2, 0) is 14.3 Å². The Hall–Kier alpha value is -1.76. The molecule has 2 N–H and O–H groups in total. The molecule has 6 nitrogen and oxygen atoms in total. The number of nitrogens with one attached hydrogen (secondary N) is 1. The fourth-order valence-corrected chi connectivity index (χ4v) is 2.68. The number of rotatable bonds is 8. The summed E-state index contributed by atoms with van der Waals surface area (Å²) >= 11 is 0. The van der Waals surface area contributed by atoms with Gasteiger partial charge in [-0.05, 0) is 30.5 Å². The van der Waals surface area contributed by atoms with E-state index >= 15 is 0 Å². The third-order valence-electron chi connectivity index (χ3n) is 4.23. The number of aliphatic hydroxyl groups is 1. The molecule has 1 amide bonds. The van der Waals surface area contributed by atoms with Gasteiger partial charge in [0.25, 0.3) is 5.91 Å². The van der Waals surface area contributed by atoms with Crippen LogP contribution in [0.4, 0.5) is 0 Å². The molecule has 0 fully saturated rings. The lowest BCUT2D eigenvalue weighted by atomic mass is 9.96. The Bertz CT molecular complexity index is 573. The summed E-state index contributed by atoms with van der Waals surface area (Å²) in [6.45, 7) is 7.04. The summed E-state index contributed by atoms with van der Waals surface area (Å²) in [5.41, 5.74) is 0.862. The summed E-state index contributed by atoms with van der Waals surface area (Å²) in [7, 11) is 3.55. The highest BCUT2D eigenvalue weighted by Gasteiger charge is 2.24. The topological polar surface area (TPSA) is 78.9 Å². The first-order chi connectivity index (χ1) is 12.2. The molecular formula is C20H32N2O4. The summed E-state index contributed by atoms with van der Waals surface area (Å²) in [5, 5.41) is 12.1. The van der Waals surface area contributed by atoms with Crippen LogP contribution < -0.4 is 5.32 Å². The van der Waals surface area contributed by atoms with E-state index in [1.54, 1.807) is 13.2 Å². The van der Waals surface area contributed by atoms with E-state index in [4.69, 9.17) is 4.74 Å². The van der Waals surface area contributed by atoms with Gasteiger partial charge in [0.05, 0.1) is 18.3 Å². The lowest BCUT2D eigenvalue weighted by Gasteiger charge is -2.30. The normalized spacial score (nSPS) is 21.3. The fraction of sp³-hybridized carbons (Fsp3) is 0.600. The van der Waals surface area contributed by atoms with Gasteiger partial charge in [0, 0.05) is 26.2 Å². The van der Waals surface area contributed by atoms with Crippen LogP contribution in [0.2, 0.25) is 0 Å². The number of hydrogen-bond donors (Lipinski definition) is 2. The van der Waals surface area contributed by atoms with Crippen molar-refractivity contribution in [1.82, 2.24) is 10.2 Å². The summed E-state index contributed by atoms with van der Waals surface area (Å²) in [4.78, 5) is 25.9. The van der Waals surface area contributed by atoms with Crippen molar-refractivity contribution in [2.24, 2.45) is 5.41 Å². The molecule has 0 heterocycles. The van der Waals surface area contributed by atoms with Crippen molar-refractivity contribution in [3.63, 3.8) is 0 Å². The average Bonchev–Trinajstić information content (AvgIpc) is 2.79. The first-order valence-electron chi connectivity index (χ1n) is 8.89. The molecule has 2 unspecified atom stereocenters. The van der Waals surface area contributed by atoms with Crippen molar-refractivity contribution < 1.29 is 19.4 Å². The second-order valence-electron chi connectivity index (χ2n) is 7.74. The molecule has 0 saturated heterocycles. The molecule has 0 radical (unpaired) electrons. The zero-order chi connectivity index (χ0) is 19.7. The van der Waals surface area contributed by atoms with Crippen molar-refractivity contribution in [3.8, 4) is 0 Å². The molecule has 6 heteroatoms. The number of likely N-dealkylation sites (N-methyl/N-ethyl adjacent to an activating group) is 1. The number of allylic oxidation sites excluding steroid dienone is 2. The first-order valence-corrected chi connectivity index (χ1v) is 8.89. The van der Waals surface area contributed by atoms with Crippen LogP contribution >= 0.6 is 0 Å². The SMILES string of the molecule is COC1C=CC=C(/C=C(\C=O)C(=O)NCC(C)(C)C)C(N(C)CCO)C1. The maximum absolute atomic E-state index is 12.4. The predicted octanol–water partition coefficient (Wildman–Crippen LogP) is 1.47. The van der Waals surface area contributed by atoms with E-state index < -0.39 is 0 Å². The van der Waals surface area contributed by atoms with Gasteiger partial charge in [0.15, 0.2) is 6.29 Å². The van der Waals surface area contributed by atoms with Gasteiger partial charge in [-0.3, -0.25) is 14.5 Å². The van der Waals surface area contributed by atoms with E-state index in [1.807, 2.05) is 50.9 Å². The largest absolute Gasteiger partial charge is 0.395 e. The molecule has 0 bridgehead atoms. The zero-order valence-electron chi connectivity index (χ0n) is 16.5. The molecular weight excluding hydrogens is 332 g/mol. The van der Waals surface area contributed by atoms with Crippen LogP contribution in [0.15, 0.2) is 35.5 Å². The van der Waals surface area contributed by atoms with Crippen molar-refractivity contribution in [3.05, 3.63) is 35.5 Å². The Kier molecular flexibility index (Phi) is 8.92. The maximum atomic E-state index is 12.4. The third-order valence-corrected chi connectivity index (χ3v) is 4.23. The quantitative estimate of drug-likeness (QED) is 0.295. The van der Waals surface area contributed by atoms with E-state index in [9.17, 15) is 14.7 Å². The molecule has 2 atom stereocenters. The lowest BCUT2D eigenvalue weighted by molar-refractivity contribution is -0.119. The maximum Gasteiger partial charge on any atom is 0.254 e. The van der Waals surface area contributed by atoms with Gasteiger partial charge in [-0.25, -0.2) is 0 Å². The highest BCUT2D eigenvalue weighted by Crippen LogP contribution is 2.22. The number of aliphatic hydroxyl groups excluding tert-OH is 1. The number of nitrogens with zero attached hydrogens (tertiary/aromatic N) is 1. The molecule has 0 aromatic heterocycles. The van der Waals surface area contributed by atoms with E-state index in [0.717, 1.165) is 5.57 Å². The highest BCUT2D eigenvalue weighted by atomic mass is 16.5. The average molecular weight is 364 g/mol. The van der Waals surface area contributed by atoms with Gasteiger partial charge < -0.3 is 15.2 Å². The van der Waals surface area contributed by atoms with Crippen molar-refractivity contribution in [2.45, 2.75) is 39.3 Å². The molecule has 0 aromatic carbocycles. The van der Waals surface area contributed by atoms with Gasteiger partial charge in [0.2, 0.25) is 0 Å². The second-order valence-corrected chi connectivity index (χ2v) is 7.74. The molecule has 0 aromatic rings. The minimum absolute atomic E-state index is 0.0294. The minimum Gasteiger partial charge on any atom is -0.395 e. The smallest absolute Gasteiger partial charge is 0.254 e. The molecule has 0 spiro atoms. The molecule has 0 aliphatic heterocycles. The fourth-order valence-electron chi connectivity index (χ4n) is 2.68. The van der Waals surface area contributed by atoms with Crippen LogP contribution in [0.3, 0.4) is 0 Å². The molecule has 1 aliphatic carbocycles. The van der Waals surface area contributed by atoms with E-state index in [0.29, 0.717) is 25.8 Å². The number of carbonyl (C=O) groups excluding carboxylic acids is 2. The number of aldehydes is 1. The van der Waals surface area contributed by atoms with Crippen molar-refractivity contribution >= 4 is 12.2 Å². The van der Waals surface area contributed by atoms with Gasteiger partial charge in [0.1, 0.15) is 0 Å². The van der Waals surface area contributed by atoms with Crippen LogP contribution in [0, 0.1) is 5.41 Å². The summed E-state index contributed by atoms with van der Waals surface area (Å²) < 4.78 is 5.45. The number of hydrogen-bond acceptors (Lipinski definition) is 5. The summed E-state index contributed by atoms with van der Waals surface area (Å²) in [6, 6.07) is -0.0764. The van der Waals surface area contributed by atoms with E-state index in [2.05, 4.69) is 5.32 Å². The highest BCUT2D eigenvalue weighted by molar-refractivity contribution is 6.10. The van der Waals surface area contributed by atoms with Gasteiger partial charge in [-0.15, -0.1) is 0 Å². The first kappa shape index (κ1) is 22.3. The zero-order valence-corrected chi connectivity index (χ0v) is 16.5. The van der Waals surface area contributed by atoms with E-state index in [1.165, 1.54) is 0 Å². The predicted molar refractivity (Wildman–Crippen MR) is 103 cm³/mol. The third kappa shape index (κ3) is 7.23. The van der Waals surface area contributed by atoms with Gasteiger partial charge >= 0.3 is 0 Å². The Balaban J connectivity index is 3.06. The Labute approximate surface area is 156 Å². The van der Waals surface area contributed by atoms with Crippen LogP contribution in [0.5, 0.6) is 0 Å².